The number of thioether (sulfide) groups is 1. The number of nitrogens with zero attached hydrogens (tertiary/aromatic N) is 4. The Morgan fingerprint density at radius 1 is 1.03 bits per heavy atom. The number of piperazine rings is 1. The fraction of sp³-hybridized carbons (Fsp3) is 0.304. The number of hydrogen-bond donors (Lipinski definition) is 1. The van der Waals surface area contributed by atoms with Crippen molar-refractivity contribution in [2.24, 2.45) is 0 Å². The molecular formula is C23H27N5O3S2. The van der Waals surface area contributed by atoms with E-state index in [1.165, 1.54) is 16.1 Å². The third-order valence-corrected chi connectivity index (χ3v) is 8.25. The first-order valence-electron chi connectivity index (χ1n) is 10.7. The second-order valence-electron chi connectivity index (χ2n) is 7.62. The van der Waals surface area contributed by atoms with Gasteiger partial charge in [0, 0.05) is 37.6 Å². The lowest BCUT2D eigenvalue weighted by Gasteiger charge is -2.33. The van der Waals surface area contributed by atoms with Gasteiger partial charge in [-0.05, 0) is 49.2 Å². The Balaban J connectivity index is 1.50. The average molecular weight is 486 g/mol. The zero-order valence-corrected chi connectivity index (χ0v) is 20.3. The summed E-state index contributed by atoms with van der Waals surface area (Å²) < 4.78 is 29.3. The lowest BCUT2D eigenvalue weighted by Crippen LogP contribution is -2.48. The second kappa shape index (κ2) is 10.1. The van der Waals surface area contributed by atoms with Gasteiger partial charge in [-0.2, -0.15) is 4.31 Å². The van der Waals surface area contributed by atoms with Crippen LogP contribution in [-0.2, 0) is 10.0 Å². The van der Waals surface area contributed by atoms with Gasteiger partial charge in [0.05, 0.1) is 11.1 Å². The van der Waals surface area contributed by atoms with Crippen molar-refractivity contribution in [2.75, 3.05) is 44.3 Å². The Labute approximate surface area is 198 Å². The minimum Gasteiger partial charge on any atom is -0.321 e. The van der Waals surface area contributed by atoms with Crippen LogP contribution in [0.2, 0.25) is 0 Å². The summed E-state index contributed by atoms with van der Waals surface area (Å²) in [4.78, 5) is 19.8. The van der Waals surface area contributed by atoms with Gasteiger partial charge in [0.2, 0.25) is 10.0 Å². The molecule has 1 N–H and O–H groups in total. The highest BCUT2D eigenvalue weighted by Gasteiger charge is 2.28. The molecule has 0 saturated carbocycles. The Morgan fingerprint density at radius 2 is 1.70 bits per heavy atom. The molecule has 0 bridgehead atoms. The fourth-order valence-electron chi connectivity index (χ4n) is 3.81. The number of aromatic nitrogens is 2. The normalized spacial score (nSPS) is 15.5. The molecule has 4 rings (SSSR count). The van der Waals surface area contributed by atoms with Crippen molar-refractivity contribution in [2.45, 2.75) is 17.0 Å². The smallest absolute Gasteiger partial charge is 0.274 e. The van der Waals surface area contributed by atoms with Gasteiger partial charge in [-0.25, -0.2) is 13.4 Å². The van der Waals surface area contributed by atoms with Crippen LogP contribution in [0, 0.1) is 0 Å². The zero-order valence-electron chi connectivity index (χ0n) is 18.6. The Kier molecular flexibility index (Phi) is 7.18. The molecule has 2 heterocycles. The Morgan fingerprint density at radius 3 is 2.30 bits per heavy atom. The highest BCUT2D eigenvalue weighted by Crippen LogP contribution is 2.24. The molecule has 0 unspecified atom stereocenters. The monoisotopic (exact) mass is 485 g/mol. The number of rotatable bonds is 7. The van der Waals surface area contributed by atoms with Crippen LogP contribution in [0.3, 0.4) is 0 Å². The summed E-state index contributed by atoms with van der Waals surface area (Å²) >= 11 is 1.45. The number of amides is 1. The quantitative estimate of drug-likeness (QED) is 0.517. The first kappa shape index (κ1) is 23.5. The summed E-state index contributed by atoms with van der Waals surface area (Å²) in [6, 6.07) is 15.9. The van der Waals surface area contributed by atoms with Crippen LogP contribution in [0.4, 0.5) is 5.69 Å². The van der Waals surface area contributed by atoms with Crippen molar-refractivity contribution in [3.05, 3.63) is 66.5 Å². The minimum atomic E-state index is -3.56. The van der Waals surface area contributed by atoms with Crippen LogP contribution < -0.4 is 5.32 Å². The van der Waals surface area contributed by atoms with E-state index in [4.69, 9.17) is 0 Å². The minimum absolute atomic E-state index is 0.226. The number of para-hydroxylation sites is 1. The Bertz CT molecular complexity index is 1200. The number of likely N-dealkylation sites (N-methyl/N-ethyl adjacent to an activating group) is 1. The fourth-order valence-corrected chi connectivity index (χ4v) is 5.77. The molecule has 3 aromatic rings. The maximum atomic E-state index is 13.0. The topological polar surface area (TPSA) is 87.5 Å². The van der Waals surface area contributed by atoms with Crippen molar-refractivity contribution in [3.63, 3.8) is 0 Å². The number of benzene rings is 2. The molecule has 10 heteroatoms. The van der Waals surface area contributed by atoms with Crippen molar-refractivity contribution < 1.29 is 13.2 Å². The third kappa shape index (κ3) is 4.98. The van der Waals surface area contributed by atoms with Crippen LogP contribution in [-0.4, -0.2) is 72.1 Å². The first-order chi connectivity index (χ1) is 15.9. The van der Waals surface area contributed by atoms with E-state index in [0.29, 0.717) is 29.6 Å². The number of hydrogen-bond acceptors (Lipinski definition) is 6. The van der Waals surface area contributed by atoms with Crippen molar-refractivity contribution in [1.82, 2.24) is 18.8 Å². The molecule has 8 nitrogen and oxygen atoms in total. The van der Waals surface area contributed by atoms with Crippen molar-refractivity contribution in [1.29, 1.82) is 0 Å². The van der Waals surface area contributed by atoms with E-state index < -0.39 is 10.0 Å². The van der Waals surface area contributed by atoms with Crippen LogP contribution in [0.25, 0.3) is 5.69 Å². The largest absolute Gasteiger partial charge is 0.321 e. The highest BCUT2D eigenvalue weighted by atomic mass is 32.2. The SMILES string of the molecule is CCN1CCN(S(=O)(=O)c2ccc(NC(=O)c3cnc(SC)n3-c3ccccc3)cc2)CC1. The van der Waals surface area contributed by atoms with Gasteiger partial charge < -0.3 is 10.2 Å². The predicted octanol–water partition coefficient (Wildman–Crippen LogP) is 3.17. The van der Waals surface area contributed by atoms with Crippen LogP contribution >= 0.6 is 11.8 Å². The van der Waals surface area contributed by atoms with E-state index in [1.54, 1.807) is 35.0 Å². The summed E-state index contributed by atoms with van der Waals surface area (Å²) in [5.41, 5.74) is 1.76. The molecule has 1 saturated heterocycles. The second-order valence-corrected chi connectivity index (χ2v) is 10.3. The molecule has 174 valence electrons. The van der Waals surface area contributed by atoms with Gasteiger partial charge >= 0.3 is 0 Å². The van der Waals surface area contributed by atoms with Crippen LogP contribution in [0.1, 0.15) is 17.4 Å². The van der Waals surface area contributed by atoms with Gasteiger partial charge in [-0.3, -0.25) is 9.36 Å². The first-order valence-corrected chi connectivity index (χ1v) is 13.4. The average Bonchev–Trinajstić information content (AvgIpc) is 3.29. The number of imidazole rings is 1. The van der Waals surface area contributed by atoms with Gasteiger partial charge in [-0.1, -0.05) is 36.9 Å². The molecule has 0 spiro atoms. The Hall–Kier alpha value is -2.66. The van der Waals surface area contributed by atoms with Gasteiger partial charge in [0.1, 0.15) is 5.69 Å². The molecular weight excluding hydrogens is 458 g/mol. The summed E-state index contributed by atoms with van der Waals surface area (Å²) in [5, 5.41) is 3.56. The standard InChI is InChI=1S/C23H27N5O3S2/c1-3-26-13-15-27(16-14-26)33(30,31)20-11-9-18(10-12-20)25-22(29)21-17-24-23(32-2)28(21)19-7-5-4-6-8-19/h4-12,17H,3,13-16H2,1-2H3,(H,25,29). The molecule has 33 heavy (non-hydrogen) atoms. The number of carbonyl (C=O) groups is 1. The summed E-state index contributed by atoms with van der Waals surface area (Å²) in [6.45, 7) is 5.43. The molecule has 0 radical (unpaired) electrons. The molecule has 0 atom stereocenters. The van der Waals surface area contributed by atoms with Gasteiger partial charge in [-0.15, -0.1) is 0 Å². The lowest BCUT2D eigenvalue weighted by molar-refractivity contribution is 0.102. The van der Waals surface area contributed by atoms with E-state index in [-0.39, 0.29) is 10.8 Å². The number of anilines is 1. The molecule has 1 aromatic heterocycles. The van der Waals surface area contributed by atoms with Gasteiger partial charge in [0.25, 0.3) is 5.91 Å². The molecule has 1 aliphatic rings. The van der Waals surface area contributed by atoms with Crippen LogP contribution in [0.15, 0.2) is 70.8 Å². The third-order valence-electron chi connectivity index (χ3n) is 5.69. The zero-order chi connectivity index (χ0) is 23.4. The van der Waals surface area contributed by atoms with E-state index in [9.17, 15) is 13.2 Å². The number of carbonyl (C=O) groups excluding carboxylic acids is 1. The number of sulfonamides is 1. The lowest BCUT2D eigenvalue weighted by atomic mass is 10.3. The molecule has 1 aliphatic heterocycles. The van der Waals surface area contributed by atoms with Crippen molar-refractivity contribution >= 4 is 33.4 Å². The maximum absolute atomic E-state index is 13.0. The molecule has 1 fully saturated rings. The maximum Gasteiger partial charge on any atom is 0.274 e. The molecule has 0 aliphatic carbocycles. The van der Waals surface area contributed by atoms with Crippen LogP contribution in [0.5, 0.6) is 0 Å². The molecule has 2 aromatic carbocycles. The summed E-state index contributed by atoms with van der Waals surface area (Å²) in [7, 11) is -3.56. The van der Waals surface area contributed by atoms with E-state index in [1.807, 2.05) is 36.6 Å². The number of nitrogens with one attached hydrogen (secondary N) is 1. The van der Waals surface area contributed by atoms with E-state index >= 15 is 0 Å². The summed E-state index contributed by atoms with van der Waals surface area (Å²) in [6.07, 6.45) is 3.45. The highest BCUT2D eigenvalue weighted by molar-refractivity contribution is 7.98. The van der Waals surface area contributed by atoms with E-state index in [0.717, 1.165) is 25.3 Å². The van der Waals surface area contributed by atoms with E-state index in [2.05, 4.69) is 22.1 Å². The van der Waals surface area contributed by atoms with Crippen molar-refractivity contribution in [3.8, 4) is 5.69 Å². The predicted molar refractivity (Wildman–Crippen MR) is 131 cm³/mol. The van der Waals surface area contributed by atoms with Gasteiger partial charge in [0.15, 0.2) is 5.16 Å². The molecule has 1 amide bonds. The summed E-state index contributed by atoms with van der Waals surface area (Å²) in [5.74, 6) is -0.321.